The maximum absolute atomic E-state index is 14.2. The molecular weight excluding hydrogens is 757 g/mol. The lowest BCUT2D eigenvalue weighted by Gasteiger charge is -2.42. The minimum absolute atomic E-state index is 0.00249. The van der Waals surface area contributed by atoms with Gasteiger partial charge in [0.2, 0.25) is 11.8 Å². The maximum atomic E-state index is 14.2. The summed E-state index contributed by atoms with van der Waals surface area (Å²) in [5.41, 5.74) is -0.610. The summed E-state index contributed by atoms with van der Waals surface area (Å²) < 4.78 is 28.5. The molecule has 3 N–H and O–H groups in total. The Morgan fingerprint density at radius 1 is 0.914 bits per heavy atom. The number of hydrogen-bond donors (Lipinski definition) is 3. The number of carbonyl (C=O) groups is 4. The molecular formula is C44H78N4O9Si. The highest BCUT2D eigenvalue weighted by atomic mass is 28.3. The third kappa shape index (κ3) is 19.2. The number of alkyl carbamates (subject to hydrolysis) is 1. The van der Waals surface area contributed by atoms with Crippen LogP contribution >= 0.6 is 0 Å². The lowest BCUT2D eigenvalue weighted by molar-refractivity contribution is -0.135. The largest absolute Gasteiger partial charge is 0.493 e. The second-order valence-electron chi connectivity index (χ2n) is 18.5. The summed E-state index contributed by atoms with van der Waals surface area (Å²) in [5, 5.41) is 9.49. The van der Waals surface area contributed by atoms with Crippen LogP contribution in [0.5, 0.6) is 5.75 Å². The van der Waals surface area contributed by atoms with E-state index < -0.39 is 32.7 Å². The molecule has 0 bridgehead atoms. The first-order valence-electron chi connectivity index (χ1n) is 21.5. The predicted octanol–water partition coefficient (Wildman–Crippen LogP) is 6.45. The van der Waals surface area contributed by atoms with Crippen molar-refractivity contribution in [3.05, 3.63) is 29.8 Å². The van der Waals surface area contributed by atoms with Crippen molar-refractivity contribution in [2.24, 2.45) is 35.0 Å². The van der Waals surface area contributed by atoms with Crippen molar-refractivity contribution < 1.29 is 42.6 Å². The van der Waals surface area contributed by atoms with Gasteiger partial charge < -0.3 is 44.2 Å². The number of ether oxygens (including phenoxy) is 4. The number of hydrogen-bond acceptors (Lipinski definition) is 9. The molecule has 0 spiro atoms. The molecule has 1 aliphatic heterocycles. The van der Waals surface area contributed by atoms with E-state index >= 15 is 0 Å². The quantitative estimate of drug-likeness (QED) is 0.0789. The Hall–Kier alpha value is -3.20. The Morgan fingerprint density at radius 3 is 2.17 bits per heavy atom. The topological polar surface area (TPSA) is 154 Å². The van der Waals surface area contributed by atoms with Crippen LogP contribution in [0, 0.1) is 35.0 Å². The van der Waals surface area contributed by atoms with E-state index in [1.54, 1.807) is 18.1 Å². The van der Waals surface area contributed by atoms with E-state index in [4.69, 9.17) is 23.4 Å². The fourth-order valence-corrected chi connectivity index (χ4v) is 7.87. The van der Waals surface area contributed by atoms with Gasteiger partial charge in [-0.3, -0.25) is 14.4 Å². The summed E-state index contributed by atoms with van der Waals surface area (Å²) in [7, 11) is 0.295. The van der Waals surface area contributed by atoms with E-state index in [-0.39, 0.29) is 59.8 Å². The van der Waals surface area contributed by atoms with E-state index in [1.807, 2.05) is 45.9 Å². The van der Waals surface area contributed by atoms with Gasteiger partial charge in [0.15, 0.2) is 9.04 Å². The Bertz CT molecular complexity index is 1390. The number of unbranched alkanes of at least 4 members (excludes halogenated alkanes) is 1. The van der Waals surface area contributed by atoms with Crippen LogP contribution in [0.3, 0.4) is 0 Å². The number of benzene rings is 1. The Morgan fingerprint density at radius 2 is 1.57 bits per heavy atom. The van der Waals surface area contributed by atoms with Crippen molar-refractivity contribution in [1.29, 1.82) is 0 Å². The first-order valence-corrected chi connectivity index (χ1v) is 24.2. The summed E-state index contributed by atoms with van der Waals surface area (Å²) in [4.78, 5) is 56.1. The average Bonchev–Trinajstić information content (AvgIpc) is 3.14. The van der Waals surface area contributed by atoms with E-state index in [9.17, 15) is 19.2 Å². The third-order valence-corrected chi connectivity index (χ3v) is 11.5. The van der Waals surface area contributed by atoms with Gasteiger partial charge in [0.1, 0.15) is 11.4 Å². The van der Waals surface area contributed by atoms with Crippen LogP contribution in [0.15, 0.2) is 24.3 Å². The molecule has 0 radical (unpaired) electrons. The van der Waals surface area contributed by atoms with Crippen LogP contribution in [0.1, 0.15) is 105 Å². The summed E-state index contributed by atoms with van der Waals surface area (Å²) in [5.74, 6) is -0.498. The van der Waals surface area contributed by atoms with Crippen molar-refractivity contribution >= 4 is 32.9 Å². The molecule has 2 rings (SSSR count). The summed E-state index contributed by atoms with van der Waals surface area (Å²) in [6, 6.07) is 6.85. The lowest BCUT2D eigenvalue weighted by Crippen LogP contribution is -2.51. The maximum Gasteiger partial charge on any atom is 0.407 e. The smallest absolute Gasteiger partial charge is 0.407 e. The van der Waals surface area contributed by atoms with Gasteiger partial charge in [-0.1, -0.05) is 53.7 Å². The molecule has 1 aromatic rings. The van der Waals surface area contributed by atoms with E-state index in [2.05, 4.69) is 63.7 Å². The molecule has 1 heterocycles. The molecule has 4 amide bonds. The summed E-state index contributed by atoms with van der Waals surface area (Å²) in [6.07, 6.45) is 2.35. The van der Waals surface area contributed by atoms with Crippen molar-refractivity contribution in [2.45, 2.75) is 119 Å². The zero-order valence-electron chi connectivity index (χ0n) is 37.9. The predicted molar refractivity (Wildman–Crippen MR) is 232 cm³/mol. The standard InChI is InChI=1S/C44H78N4O9Si/c1-31(2)33(29-46-40(50)34-17-13-14-18-38(34)55-24-16-15-23-53-10)27-37(47-42(52)57-44(7,8)9)36(43(4,5)6)28-35(32(3)30-56-58(11)12)41(51)45-20-19-39(49)48-21-25-54-26-22-48/h13-14,17-18,31-33,35-37,58H,15-16,19-30H2,1-12H3,(H,45,51)(H,46,50)(H,47,52)/t32?,33-,35+,36-,37+/m1/s1. The molecule has 0 aliphatic carbocycles. The number of morpholine rings is 1. The van der Waals surface area contributed by atoms with Gasteiger partial charge in [-0.15, -0.1) is 0 Å². The van der Waals surface area contributed by atoms with Gasteiger partial charge in [-0.05, 0) is 101 Å². The highest BCUT2D eigenvalue weighted by Crippen LogP contribution is 2.39. The number of amides is 4. The highest BCUT2D eigenvalue weighted by molar-refractivity contribution is 6.48. The molecule has 0 aromatic heterocycles. The summed E-state index contributed by atoms with van der Waals surface area (Å²) in [6.45, 7) is 26.7. The molecule has 1 unspecified atom stereocenters. The van der Waals surface area contributed by atoms with Crippen molar-refractivity contribution in [1.82, 2.24) is 20.9 Å². The zero-order chi connectivity index (χ0) is 43.5. The molecule has 14 heteroatoms. The molecule has 1 aromatic carbocycles. The normalized spacial score (nSPS) is 16.3. The van der Waals surface area contributed by atoms with Gasteiger partial charge >= 0.3 is 6.09 Å². The Kier molecular flexibility index (Phi) is 22.3. The van der Waals surface area contributed by atoms with E-state index in [0.29, 0.717) is 76.8 Å². The van der Waals surface area contributed by atoms with Crippen molar-refractivity contribution in [3.8, 4) is 5.75 Å². The number of para-hydroxylation sites is 1. The SMILES string of the molecule is COCCCCOc1ccccc1C(=O)NC[C@@H](C[C@H](NC(=O)OC(C)(C)C)[C@@H](C[C@H](C(=O)NCCC(=O)N1CCOCC1)C(C)CO[SiH](C)C)C(C)(C)C)C(C)C. The van der Waals surface area contributed by atoms with Crippen molar-refractivity contribution in [2.75, 3.05) is 66.3 Å². The Balaban J connectivity index is 2.39. The van der Waals surface area contributed by atoms with E-state index in [0.717, 1.165) is 12.8 Å². The van der Waals surface area contributed by atoms with Gasteiger partial charge in [-0.2, -0.15) is 0 Å². The zero-order valence-corrected chi connectivity index (χ0v) is 39.0. The fraction of sp³-hybridized carbons (Fsp3) is 0.773. The van der Waals surface area contributed by atoms with Gasteiger partial charge in [0.05, 0.1) is 25.4 Å². The average molecular weight is 835 g/mol. The molecule has 5 atom stereocenters. The van der Waals surface area contributed by atoms with Crippen molar-refractivity contribution in [3.63, 3.8) is 0 Å². The first kappa shape index (κ1) is 50.9. The minimum Gasteiger partial charge on any atom is -0.493 e. The monoisotopic (exact) mass is 835 g/mol. The number of nitrogens with one attached hydrogen (secondary N) is 3. The Labute approximate surface area is 351 Å². The molecule has 1 aliphatic rings. The molecule has 1 fully saturated rings. The van der Waals surface area contributed by atoms with E-state index in [1.165, 1.54) is 0 Å². The molecule has 0 saturated carbocycles. The van der Waals surface area contributed by atoms with Gasteiger partial charge in [0, 0.05) is 64.9 Å². The second kappa shape index (κ2) is 25.4. The number of methoxy groups -OCH3 is 1. The first-order chi connectivity index (χ1) is 27.2. The van der Waals surface area contributed by atoms with Gasteiger partial charge in [0.25, 0.3) is 5.91 Å². The molecule has 332 valence electrons. The summed E-state index contributed by atoms with van der Waals surface area (Å²) >= 11 is 0. The highest BCUT2D eigenvalue weighted by Gasteiger charge is 2.40. The van der Waals surface area contributed by atoms with Crippen LogP contribution in [0.2, 0.25) is 13.1 Å². The minimum atomic E-state index is -1.38. The third-order valence-electron chi connectivity index (χ3n) is 10.7. The van der Waals surface area contributed by atoms with Crippen LogP contribution in [-0.2, 0) is 28.2 Å². The lowest BCUT2D eigenvalue weighted by atomic mass is 9.67. The number of nitrogens with zero attached hydrogens (tertiary/aromatic N) is 1. The van der Waals surface area contributed by atoms with Crippen LogP contribution in [-0.4, -0.2) is 116 Å². The second-order valence-corrected chi connectivity index (χ2v) is 20.9. The van der Waals surface area contributed by atoms with Crippen LogP contribution < -0.4 is 20.7 Å². The molecule has 13 nitrogen and oxygen atoms in total. The van der Waals surface area contributed by atoms with Gasteiger partial charge in [-0.25, -0.2) is 4.79 Å². The number of carbonyl (C=O) groups excluding carboxylic acids is 4. The molecule has 58 heavy (non-hydrogen) atoms. The number of rotatable bonds is 24. The molecule has 1 saturated heterocycles. The van der Waals surface area contributed by atoms with Crippen LogP contribution in [0.25, 0.3) is 0 Å². The fourth-order valence-electron chi connectivity index (χ4n) is 7.18. The van der Waals surface area contributed by atoms with Crippen LogP contribution in [0.4, 0.5) is 4.79 Å².